The molecule has 0 radical (unpaired) electrons. The number of allylic oxidation sites excluding steroid dienone is 5. The minimum atomic E-state index is 1.22. The van der Waals surface area contributed by atoms with Gasteiger partial charge in [-0.25, -0.2) is 4.58 Å². The predicted octanol–water partition coefficient (Wildman–Crippen LogP) is 2.98. The molecule has 0 atom stereocenters. The van der Waals surface area contributed by atoms with Gasteiger partial charge in [0.1, 0.15) is 14.1 Å². The topological polar surface area (TPSA) is 6.25 Å². The summed E-state index contributed by atoms with van der Waals surface area (Å²) in [5.74, 6) is 0. The zero-order valence-electron chi connectivity index (χ0n) is 12.1. The lowest BCUT2D eigenvalue weighted by molar-refractivity contribution is -0.462. The largest absolute Gasteiger partial charge is 0.378 e. The van der Waals surface area contributed by atoms with Crippen molar-refractivity contribution in [3.63, 3.8) is 0 Å². The first-order chi connectivity index (χ1) is 9.06. The average Bonchev–Trinajstić information content (AvgIpc) is 2.40. The molecule has 0 saturated carbocycles. The summed E-state index contributed by atoms with van der Waals surface area (Å²) in [6, 6.07) is 8.57. The summed E-state index contributed by atoms with van der Waals surface area (Å²) in [7, 11) is 8.22. The van der Waals surface area contributed by atoms with Crippen molar-refractivity contribution in [2.45, 2.75) is 0 Å². The first-order valence-corrected chi connectivity index (χ1v) is 6.46. The molecule has 0 amide bonds. The first-order valence-electron chi connectivity index (χ1n) is 6.46. The van der Waals surface area contributed by atoms with E-state index in [9.17, 15) is 0 Å². The van der Waals surface area contributed by atoms with E-state index in [1.807, 2.05) is 0 Å². The highest BCUT2D eigenvalue weighted by atomic mass is 15.1. The summed E-state index contributed by atoms with van der Waals surface area (Å²) in [6.07, 6.45) is 10.8. The molecule has 2 rings (SSSR count). The average molecular weight is 253 g/mol. The molecule has 0 bridgehead atoms. The Morgan fingerprint density at radius 2 is 1.47 bits per heavy atom. The van der Waals surface area contributed by atoms with E-state index in [0.717, 1.165) is 0 Å². The third kappa shape index (κ3) is 3.44. The highest BCUT2D eigenvalue weighted by Crippen LogP contribution is 2.16. The van der Waals surface area contributed by atoms with Crippen LogP contribution in [0.3, 0.4) is 0 Å². The van der Waals surface area contributed by atoms with Crippen molar-refractivity contribution in [1.82, 2.24) is 0 Å². The lowest BCUT2D eigenvalue weighted by atomic mass is 10.0. The van der Waals surface area contributed by atoms with Crippen molar-refractivity contribution >= 4 is 17.5 Å². The van der Waals surface area contributed by atoms with E-state index in [1.54, 1.807) is 0 Å². The van der Waals surface area contributed by atoms with Gasteiger partial charge in [0.25, 0.3) is 0 Å². The van der Waals surface area contributed by atoms with E-state index >= 15 is 0 Å². The van der Waals surface area contributed by atoms with Crippen LogP contribution in [0.5, 0.6) is 0 Å². The molecule has 1 aliphatic rings. The predicted molar refractivity (Wildman–Crippen MR) is 84.1 cm³/mol. The van der Waals surface area contributed by atoms with E-state index in [2.05, 4.69) is 92.3 Å². The van der Waals surface area contributed by atoms with Crippen LogP contribution in [-0.2, 0) is 0 Å². The highest BCUT2D eigenvalue weighted by molar-refractivity contribution is 6.02. The van der Waals surface area contributed by atoms with Gasteiger partial charge in [0, 0.05) is 31.9 Å². The van der Waals surface area contributed by atoms with Gasteiger partial charge in [0.15, 0.2) is 5.71 Å². The Kier molecular flexibility index (Phi) is 4.00. The molecule has 1 aromatic carbocycles. The van der Waals surface area contributed by atoms with Crippen LogP contribution >= 0.6 is 0 Å². The lowest BCUT2D eigenvalue weighted by Gasteiger charge is -2.12. The Labute approximate surface area is 115 Å². The van der Waals surface area contributed by atoms with Crippen LogP contribution in [0.1, 0.15) is 5.56 Å². The van der Waals surface area contributed by atoms with E-state index in [0.29, 0.717) is 0 Å². The Balaban J connectivity index is 2.18. The van der Waals surface area contributed by atoms with E-state index < -0.39 is 0 Å². The van der Waals surface area contributed by atoms with Gasteiger partial charge in [0.05, 0.1) is 0 Å². The van der Waals surface area contributed by atoms with Crippen molar-refractivity contribution in [3.8, 4) is 0 Å². The van der Waals surface area contributed by atoms with Crippen LogP contribution in [0.4, 0.5) is 5.69 Å². The van der Waals surface area contributed by atoms with Crippen molar-refractivity contribution in [2.75, 3.05) is 33.1 Å². The number of anilines is 1. The highest BCUT2D eigenvalue weighted by Gasteiger charge is 2.04. The van der Waals surface area contributed by atoms with E-state index in [-0.39, 0.29) is 0 Å². The molecular weight excluding hydrogens is 232 g/mol. The monoisotopic (exact) mass is 253 g/mol. The third-order valence-electron chi connectivity index (χ3n) is 3.15. The van der Waals surface area contributed by atoms with Crippen molar-refractivity contribution in [2.24, 2.45) is 0 Å². The number of hydrogen-bond donors (Lipinski definition) is 0. The number of benzene rings is 1. The Hall–Kier alpha value is -2.09. The molecule has 0 unspecified atom stereocenters. The minimum absolute atomic E-state index is 1.22. The molecule has 0 N–H and O–H groups in total. The van der Waals surface area contributed by atoms with Gasteiger partial charge in [0.2, 0.25) is 0 Å². The smallest absolute Gasteiger partial charge is 0.199 e. The van der Waals surface area contributed by atoms with Gasteiger partial charge >= 0.3 is 0 Å². The molecule has 0 spiro atoms. The maximum absolute atomic E-state index is 2.19. The molecule has 0 aliphatic heterocycles. The van der Waals surface area contributed by atoms with Gasteiger partial charge in [-0.1, -0.05) is 12.1 Å². The van der Waals surface area contributed by atoms with Gasteiger partial charge in [-0.3, -0.25) is 0 Å². The van der Waals surface area contributed by atoms with Crippen molar-refractivity contribution in [1.29, 1.82) is 0 Å². The van der Waals surface area contributed by atoms with Gasteiger partial charge < -0.3 is 4.90 Å². The molecule has 2 heteroatoms. The van der Waals surface area contributed by atoms with Crippen LogP contribution < -0.4 is 4.90 Å². The molecule has 0 fully saturated rings. The van der Waals surface area contributed by atoms with E-state index in [1.165, 1.54) is 22.5 Å². The molecule has 0 heterocycles. The summed E-state index contributed by atoms with van der Waals surface area (Å²) in [5.41, 5.74) is 4.90. The standard InChI is InChI=1S/C17H21N2/c1-18(2)16-9-5-14(6-10-16)13-15-7-11-17(12-8-15)19(3)4/h5-13H,1-4H3/q+1. The van der Waals surface area contributed by atoms with Gasteiger partial charge in [-0.2, -0.15) is 0 Å². The van der Waals surface area contributed by atoms with E-state index in [4.69, 9.17) is 0 Å². The summed E-state index contributed by atoms with van der Waals surface area (Å²) < 4.78 is 2.11. The molecule has 1 aromatic rings. The summed E-state index contributed by atoms with van der Waals surface area (Å²) in [4.78, 5) is 2.11. The van der Waals surface area contributed by atoms with Crippen LogP contribution in [-0.4, -0.2) is 38.5 Å². The maximum Gasteiger partial charge on any atom is 0.199 e. The molecule has 98 valence electrons. The molecular formula is C17H21N2+. The van der Waals surface area contributed by atoms with Crippen LogP contribution in [0.15, 0.2) is 54.1 Å². The second-order valence-electron chi connectivity index (χ2n) is 5.12. The second-order valence-corrected chi connectivity index (χ2v) is 5.12. The van der Waals surface area contributed by atoms with Crippen molar-refractivity contribution in [3.05, 3.63) is 59.7 Å². The summed E-state index contributed by atoms with van der Waals surface area (Å²) in [5, 5.41) is 0. The zero-order valence-corrected chi connectivity index (χ0v) is 12.1. The Morgan fingerprint density at radius 3 is 1.95 bits per heavy atom. The molecule has 1 aliphatic carbocycles. The van der Waals surface area contributed by atoms with Gasteiger partial charge in [-0.15, -0.1) is 0 Å². The lowest BCUT2D eigenvalue weighted by Crippen LogP contribution is -2.09. The van der Waals surface area contributed by atoms with Crippen LogP contribution in [0.25, 0.3) is 6.08 Å². The Morgan fingerprint density at radius 1 is 0.895 bits per heavy atom. The third-order valence-corrected chi connectivity index (χ3v) is 3.15. The van der Waals surface area contributed by atoms with Crippen molar-refractivity contribution < 1.29 is 4.58 Å². The quantitative estimate of drug-likeness (QED) is 0.734. The fourth-order valence-electron chi connectivity index (χ4n) is 1.93. The summed E-state index contributed by atoms with van der Waals surface area (Å²) >= 11 is 0. The Bertz CT molecular complexity index is 548. The molecule has 0 saturated heterocycles. The first kappa shape index (κ1) is 13.3. The minimum Gasteiger partial charge on any atom is -0.378 e. The second kappa shape index (κ2) is 5.70. The normalized spacial score (nSPS) is 13.7. The fourth-order valence-corrected chi connectivity index (χ4v) is 1.93. The SMILES string of the molecule is CN(C)c1ccc(C=C2C=CC(=[N+](C)C)C=C2)cc1. The molecule has 2 nitrogen and oxygen atoms in total. The van der Waals surface area contributed by atoms with Crippen LogP contribution in [0.2, 0.25) is 0 Å². The van der Waals surface area contributed by atoms with Gasteiger partial charge in [-0.05, 0) is 41.5 Å². The fraction of sp³-hybridized carbons (Fsp3) is 0.235. The summed E-state index contributed by atoms with van der Waals surface area (Å²) in [6.45, 7) is 0. The number of hydrogen-bond acceptors (Lipinski definition) is 1. The number of nitrogens with zero attached hydrogens (tertiary/aromatic N) is 2. The zero-order chi connectivity index (χ0) is 13.8. The van der Waals surface area contributed by atoms with Crippen LogP contribution in [0, 0.1) is 0 Å². The maximum atomic E-state index is 2.19. The molecule has 0 aromatic heterocycles. The molecule has 19 heavy (non-hydrogen) atoms. The number of rotatable bonds is 2.